The van der Waals surface area contributed by atoms with Crippen LogP contribution in [-0.4, -0.2) is 11.5 Å². The second-order valence-corrected chi connectivity index (χ2v) is 5.35. The third kappa shape index (κ3) is 3.14. The summed E-state index contributed by atoms with van der Waals surface area (Å²) < 4.78 is 1.07. The van der Waals surface area contributed by atoms with E-state index in [0.29, 0.717) is 5.82 Å². The molecular formula is C15H18BrN3. The van der Waals surface area contributed by atoms with Crippen molar-refractivity contribution in [3.63, 3.8) is 0 Å². The Morgan fingerprint density at radius 1 is 1.32 bits per heavy atom. The van der Waals surface area contributed by atoms with Gasteiger partial charge in [0.25, 0.3) is 0 Å². The quantitative estimate of drug-likeness (QED) is 0.907. The summed E-state index contributed by atoms with van der Waals surface area (Å²) in [5.41, 5.74) is 9.34. The SMILES string of the molecule is CCNC(c1ccccc1Br)c1cc(C)cnc1N. The number of aromatic nitrogens is 1. The number of nitrogens with two attached hydrogens (primary N) is 1. The second-order valence-electron chi connectivity index (χ2n) is 4.50. The number of nitrogen functional groups attached to an aromatic ring is 1. The van der Waals surface area contributed by atoms with Gasteiger partial charge in [0.15, 0.2) is 0 Å². The minimum Gasteiger partial charge on any atom is -0.383 e. The molecule has 0 radical (unpaired) electrons. The van der Waals surface area contributed by atoms with Gasteiger partial charge in [0.05, 0.1) is 6.04 Å². The van der Waals surface area contributed by atoms with E-state index in [4.69, 9.17) is 5.73 Å². The van der Waals surface area contributed by atoms with Gasteiger partial charge >= 0.3 is 0 Å². The van der Waals surface area contributed by atoms with Crippen LogP contribution >= 0.6 is 15.9 Å². The minimum absolute atomic E-state index is 0.0491. The van der Waals surface area contributed by atoms with E-state index in [1.807, 2.05) is 25.1 Å². The number of aryl methyl sites for hydroxylation is 1. The van der Waals surface area contributed by atoms with Crippen LogP contribution in [0.2, 0.25) is 0 Å². The lowest BCUT2D eigenvalue weighted by Gasteiger charge is -2.21. The molecule has 0 bridgehead atoms. The Balaban J connectivity index is 2.51. The van der Waals surface area contributed by atoms with Crippen LogP contribution in [0.1, 0.15) is 29.7 Å². The molecular weight excluding hydrogens is 302 g/mol. The minimum atomic E-state index is 0.0491. The number of anilines is 1. The monoisotopic (exact) mass is 319 g/mol. The zero-order chi connectivity index (χ0) is 13.8. The summed E-state index contributed by atoms with van der Waals surface area (Å²) in [5, 5.41) is 3.47. The summed E-state index contributed by atoms with van der Waals surface area (Å²) in [6.07, 6.45) is 1.79. The highest BCUT2D eigenvalue weighted by molar-refractivity contribution is 9.10. The average molecular weight is 320 g/mol. The van der Waals surface area contributed by atoms with Crippen molar-refractivity contribution in [2.75, 3.05) is 12.3 Å². The Labute approximate surface area is 122 Å². The van der Waals surface area contributed by atoms with Gasteiger partial charge in [-0.3, -0.25) is 0 Å². The van der Waals surface area contributed by atoms with Crippen LogP contribution in [0, 0.1) is 6.92 Å². The fraction of sp³-hybridized carbons (Fsp3) is 0.267. The van der Waals surface area contributed by atoms with Gasteiger partial charge in [0, 0.05) is 16.2 Å². The molecule has 0 spiro atoms. The lowest BCUT2D eigenvalue weighted by molar-refractivity contribution is 0.628. The number of hydrogen-bond donors (Lipinski definition) is 2. The molecule has 0 aliphatic rings. The van der Waals surface area contributed by atoms with Crippen LogP contribution in [0.25, 0.3) is 0 Å². The normalized spacial score (nSPS) is 12.4. The molecule has 0 saturated heterocycles. The van der Waals surface area contributed by atoms with E-state index in [1.165, 1.54) is 5.56 Å². The molecule has 2 rings (SSSR count). The molecule has 19 heavy (non-hydrogen) atoms. The van der Waals surface area contributed by atoms with Crippen molar-refractivity contribution in [1.82, 2.24) is 10.3 Å². The van der Waals surface area contributed by atoms with E-state index >= 15 is 0 Å². The molecule has 1 aromatic heterocycles. The van der Waals surface area contributed by atoms with E-state index in [9.17, 15) is 0 Å². The van der Waals surface area contributed by atoms with E-state index in [0.717, 1.165) is 22.1 Å². The van der Waals surface area contributed by atoms with Crippen LogP contribution in [0.4, 0.5) is 5.82 Å². The largest absolute Gasteiger partial charge is 0.383 e. The summed E-state index contributed by atoms with van der Waals surface area (Å²) in [4.78, 5) is 4.26. The van der Waals surface area contributed by atoms with Crippen molar-refractivity contribution in [3.8, 4) is 0 Å². The lowest BCUT2D eigenvalue weighted by atomic mass is 9.98. The maximum atomic E-state index is 6.04. The zero-order valence-electron chi connectivity index (χ0n) is 11.2. The molecule has 0 amide bonds. The van der Waals surface area contributed by atoms with Crippen LogP contribution in [0.15, 0.2) is 41.0 Å². The Morgan fingerprint density at radius 3 is 2.74 bits per heavy atom. The molecule has 0 aliphatic heterocycles. The first-order valence-electron chi connectivity index (χ1n) is 6.33. The van der Waals surface area contributed by atoms with Crippen molar-refractivity contribution in [1.29, 1.82) is 0 Å². The molecule has 3 N–H and O–H groups in total. The molecule has 4 heteroatoms. The predicted octanol–water partition coefficient (Wildman–Crippen LogP) is 3.43. The maximum absolute atomic E-state index is 6.04. The first-order chi connectivity index (χ1) is 9.13. The fourth-order valence-corrected chi connectivity index (χ4v) is 2.65. The van der Waals surface area contributed by atoms with E-state index in [-0.39, 0.29) is 6.04 Å². The van der Waals surface area contributed by atoms with Crippen LogP contribution in [0.3, 0.4) is 0 Å². The lowest BCUT2D eigenvalue weighted by Crippen LogP contribution is -2.23. The first-order valence-corrected chi connectivity index (χ1v) is 7.12. The number of benzene rings is 1. The van der Waals surface area contributed by atoms with Crippen LogP contribution < -0.4 is 11.1 Å². The zero-order valence-corrected chi connectivity index (χ0v) is 12.7. The highest BCUT2D eigenvalue weighted by Crippen LogP contribution is 2.31. The summed E-state index contributed by atoms with van der Waals surface area (Å²) in [6, 6.07) is 10.3. The van der Waals surface area contributed by atoms with Gasteiger partial charge in [-0.1, -0.05) is 41.1 Å². The number of hydrogen-bond acceptors (Lipinski definition) is 3. The van der Waals surface area contributed by atoms with E-state index < -0.39 is 0 Å². The van der Waals surface area contributed by atoms with Crippen LogP contribution in [-0.2, 0) is 0 Å². The van der Waals surface area contributed by atoms with E-state index in [2.05, 4.69) is 45.3 Å². The van der Waals surface area contributed by atoms with Crippen LogP contribution in [0.5, 0.6) is 0 Å². The Kier molecular flexibility index (Phi) is 4.56. The van der Waals surface area contributed by atoms with Crippen molar-refractivity contribution in [2.24, 2.45) is 0 Å². The van der Waals surface area contributed by atoms with Crippen molar-refractivity contribution < 1.29 is 0 Å². The third-order valence-electron chi connectivity index (χ3n) is 3.02. The number of halogens is 1. The molecule has 1 heterocycles. The molecule has 0 saturated carbocycles. The third-order valence-corrected chi connectivity index (χ3v) is 3.74. The molecule has 2 aromatic rings. The van der Waals surface area contributed by atoms with Crippen molar-refractivity contribution in [3.05, 3.63) is 57.7 Å². The number of rotatable bonds is 4. The molecule has 0 fully saturated rings. The molecule has 1 unspecified atom stereocenters. The fourth-order valence-electron chi connectivity index (χ4n) is 2.13. The smallest absolute Gasteiger partial charge is 0.128 e. The van der Waals surface area contributed by atoms with Crippen molar-refractivity contribution >= 4 is 21.7 Å². The highest BCUT2D eigenvalue weighted by atomic mass is 79.9. The Hall–Kier alpha value is -1.39. The molecule has 1 atom stereocenters. The molecule has 0 aliphatic carbocycles. The Morgan fingerprint density at radius 2 is 2.05 bits per heavy atom. The summed E-state index contributed by atoms with van der Waals surface area (Å²) in [7, 11) is 0. The van der Waals surface area contributed by atoms with Crippen molar-refractivity contribution in [2.45, 2.75) is 19.9 Å². The predicted molar refractivity (Wildman–Crippen MR) is 83.0 cm³/mol. The summed E-state index contributed by atoms with van der Waals surface area (Å²) in [6.45, 7) is 4.97. The van der Waals surface area contributed by atoms with E-state index in [1.54, 1.807) is 6.20 Å². The van der Waals surface area contributed by atoms with Gasteiger partial charge in [-0.05, 0) is 36.7 Å². The summed E-state index contributed by atoms with van der Waals surface area (Å²) >= 11 is 3.61. The number of nitrogens with zero attached hydrogens (tertiary/aromatic N) is 1. The van der Waals surface area contributed by atoms with Gasteiger partial charge in [-0.2, -0.15) is 0 Å². The van der Waals surface area contributed by atoms with Gasteiger partial charge < -0.3 is 11.1 Å². The highest BCUT2D eigenvalue weighted by Gasteiger charge is 2.18. The first kappa shape index (κ1) is 14.0. The maximum Gasteiger partial charge on any atom is 0.128 e. The van der Waals surface area contributed by atoms with Gasteiger partial charge in [-0.15, -0.1) is 0 Å². The summed E-state index contributed by atoms with van der Waals surface area (Å²) in [5.74, 6) is 0.576. The topological polar surface area (TPSA) is 50.9 Å². The average Bonchev–Trinajstić information content (AvgIpc) is 2.40. The van der Waals surface area contributed by atoms with Gasteiger partial charge in [0.1, 0.15) is 5.82 Å². The van der Waals surface area contributed by atoms with Gasteiger partial charge in [0.2, 0.25) is 0 Å². The Bertz CT molecular complexity index is 569. The number of pyridine rings is 1. The van der Waals surface area contributed by atoms with Gasteiger partial charge in [-0.25, -0.2) is 4.98 Å². The number of nitrogens with one attached hydrogen (secondary N) is 1. The molecule has 1 aromatic carbocycles. The molecule has 100 valence electrons. The standard InChI is InChI=1S/C15H18BrN3/c1-3-18-14(11-6-4-5-7-13(11)16)12-8-10(2)9-19-15(12)17/h4-9,14,18H,3H2,1-2H3,(H2,17,19). The molecule has 3 nitrogen and oxygen atoms in total. The second kappa shape index (κ2) is 6.17.